The maximum atomic E-state index is 7.70. The van der Waals surface area contributed by atoms with E-state index in [1.807, 2.05) is 0 Å². The van der Waals surface area contributed by atoms with Gasteiger partial charge in [0.2, 0.25) is 0 Å². The van der Waals surface area contributed by atoms with E-state index in [1.165, 1.54) is 7.11 Å². The molecular weight excluding hydrogens is 152 g/mol. The van der Waals surface area contributed by atoms with E-state index in [-0.39, 0.29) is 42.1 Å². The van der Waals surface area contributed by atoms with Gasteiger partial charge in [0.05, 0.1) is 19.2 Å². The van der Waals surface area contributed by atoms with Crippen molar-refractivity contribution in [2.24, 2.45) is 0 Å². The van der Waals surface area contributed by atoms with Crippen molar-refractivity contribution in [2.75, 3.05) is 13.7 Å². The number of hydrogen-bond acceptors (Lipinski definition) is 2. The number of benzene rings is 1. The fraction of sp³-hybridized carbons (Fsp3) is 0.400. The fourth-order valence-electron chi connectivity index (χ4n) is 0.705. The summed E-state index contributed by atoms with van der Waals surface area (Å²) in [5.41, 5.74) is 0.262. The van der Waals surface area contributed by atoms with Crippen LogP contribution in [0, 0.1) is 0 Å². The first kappa shape index (κ1) is 4.87. The van der Waals surface area contributed by atoms with Crippen molar-refractivity contribution in [3.05, 3.63) is 29.7 Å². The lowest BCUT2D eigenvalue weighted by molar-refractivity contribution is 0.134. The molecule has 0 spiro atoms. The molecule has 0 saturated carbocycles. The SMILES string of the molecule is [2H]c1c([2H])c(OC)c([2H])c([2H])c1COCC. The van der Waals surface area contributed by atoms with Crippen LogP contribution in [0.15, 0.2) is 24.2 Å². The number of ether oxygens (including phenoxy) is 2. The molecule has 1 rings (SSSR count). The Morgan fingerprint density at radius 2 is 2.00 bits per heavy atom. The highest BCUT2D eigenvalue weighted by molar-refractivity contribution is 5.26. The average Bonchev–Trinajstić information content (AvgIpc) is 2.27. The summed E-state index contributed by atoms with van der Waals surface area (Å²) in [6, 6.07) is -0.547. The highest BCUT2D eigenvalue weighted by Crippen LogP contribution is 2.11. The van der Waals surface area contributed by atoms with E-state index in [9.17, 15) is 0 Å². The Balaban J connectivity index is 3.29. The summed E-state index contributed by atoms with van der Waals surface area (Å²) in [6.45, 7) is 2.35. The van der Waals surface area contributed by atoms with E-state index >= 15 is 0 Å². The van der Waals surface area contributed by atoms with Crippen LogP contribution < -0.4 is 4.74 Å². The Bertz CT molecular complexity index is 364. The zero-order valence-electron chi connectivity index (χ0n) is 11.2. The maximum Gasteiger partial charge on any atom is 0.118 e. The molecule has 1 aromatic rings. The highest BCUT2D eigenvalue weighted by atomic mass is 16.5. The molecule has 0 unspecified atom stereocenters. The summed E-state index contributed by atoms with van der Waals surface area (Å²) in [6.07, 6.45) is 0. The smallest absolute Gasteiger partial charge is 0.118 e. The van der Waals surface area contributed by atoms with E-state index in [2.05, 4.69) is 0 Å². The molecule has 0 atom stereocenters. The Kier molecular flexibility index (Phi) is 1.94. The van der Waals surface area contributed by atoms with Gasteiger partial charge in [-0.2, -0.15) is 0 Å². The molecule has 0 bridgehead atoms. The van der Waals surface area contributed by atoms with Crippen LogP contribution in [0.25, 0.3) is 0 Å². The van der Waals surface area contributed by atoms with Gasteiger partial charge in [-0.3, -0.25) is 0 Å². The van der Waals surface area contributed by atoms with E-state index in [4.69, 9.17) is 15.0 Å². The molecule has 0 aliphatic heterocycles. The Hall–Kier alpha value is -1.02. The molecule has 2 heteroatoms. The second-order valence-electron chi connectivity index (χ2n) is 2.15. The molecule has 66 valence electrons. The van der Waals surface area contributed by atoms with Crippen molar-refractivity contribution in [1.29, 1.82) is 0 Å². The van der Waals surface area contributed by atoms with Crippen molar-refractivity contribution < 1.29 is 15.0 Å². The van der Waals surface area contributed by atoms with E-state index in [0.717, 1.165) is 0 Å². The molecule has 1 aromatic carbocycles. The summed E-state index contributed by atoms with van der Waals surface area (Å²) < 4.78 is 40.6. The van der Waals surface area contributed by atoms with Gasteiger partial charge < -0.3 is 9.47 Å². The van der Waals surface area contributed by atoms with Crippen LogP contribution in [0.5, 0.6) is 5.75 Å². The molecule has 0 heterocycles. The second-order valence-corrected chi connectivity index (χ2v) is 2.15. The van der Waals surface area contributed by atoms with Crippen LogP contribution in [-0.4, -0.2) is 13.7 Å². The molecule has 0 aromatic heterocycles. The van der Waals surface area contributed by atoms with Crippen LogP contribution >= 0.6 is 0 Å². The molecule has 0 fully saturated rings. The average molecular weight is 170 g/mol. The van der Waals surface area contributed by atoms with Crippen molar-refractivity contribution in [3.63, 3.8) is 0 Å². The zero-order chi connectivity index (χ0) is 12.3. The molecule has 0 aliphatic carbocycles. The van der Waals surface area contributed by atoms with Gasteiger partial charge in [-0.25, -0.2) is 0 Å². The third-order valence-corrected chi connectivity index (χ3v) is 1.31. The van der Waals surface area contributed by atoms with Crippen molar-refractivity contribution in [1.82, 2.24) is 0 Å². The molecule has 0 radical (unpaired) electrons. The Labute approximate surface area is 78.7 Å². The molecule has 0 N–H and O–H groups in total. The molecule has 0 saturated heterocycles. The van der Waals surface area contributed by atoms with Gasteiger partial charge in [0, 0.05) is 6.61 Å². The van der Waals surface area contributed by atoms with Gasteiger partial charge in [0.15, 0.2) is 0 Å². The number of hydrogen-bond donors (Lipinski definition) is 0. The predicted molar refractivity (Wildman–Crippen MR) is 48.3 cm³/mol. The lowest BCUT2D eigenvalue weighted by Crippen LogP contribution is -1.91. The standard InChI is InChI=1S/C10H14O2/c1-3-12-8-9-4-6-10(11-2)7-5-9/h4-7H,3,8H2,1-2H3/i4D,5D,6D,7D. The zero-order valence-corrected chi connectivity index (χ0v) is 7.23. The van der Waals surface area contributed by atoms with Gasteiger partial charge in [0.25, 0.3) is 0 Å². The van der Waals surface area contributed by atoms with E-state index in [0.29, 0.717) is 6.61 Å². The van der Waals surface area contributed by atoms with Gasteiger partial charge in [-0.1, -0.05) is 12.1 Å². The molecule has 0 aliphatic rings. The molecule has 0 amide bonds. The first-order chi connectivity index (χ1) is 7.54. The monoisotopic (exact) mass is 170 g/mol. The highest BCUT2D eigenvalue weighted by Gasteiger charge is 1.92. The summed E-state index contributed by atoms with van der Waals surface area (Å²) >= 11 is 0. The topological polar surface area (TPSA) is 18.5 Å². The van der Waals surface area contributed by atoms with Crippen LogP contribution in [0.4, 0.5) is 0 Å². The summed E-state index contributed by atoms with van der Waals surface area (Å²) in [5, 5.41) is 0. The van der Waals surface area contributed by atoms with Gasteiger partial charge >= 0.3 is 0 Å². The summed E-state index contributed by atoms with van der Waals surface area (Å²) in [5.74, 6) is -0.0322. The largest absolute Gasteiger partial charge is 0.497 e. The molecule has 12 heavy (non-hydrogen) atoms. The Morgan fingerprint density at radius 3 is 2.50 bits per heavy atom. The summed E-state index contributed by atoms with van der Waals surface area (Å²) in [7, 11) is 1.33. The number of methoxy groups -OCH3 is 1. The second kappa shape index (κ2) is 4.78. The minimum Gasteiger partial charge on any atom is -0.497 e. The van der Waals surface area contributed by atoms with Crippen molar-refractivity contribution in [3.8, 4) is 5.75 Å². The lowest BCUT2D eigenvalue weighted by Gasteiger charge is -2.02. The molecule has 2 nitrogen and oxygen atoms in total. The normalized spacial score (nSPS) is 14.5. The van der Waals surface area contributed by atoms with Gasteiger partial charge in [0.1, 0.15) is 5.75 Å². The lowest BCUT2D eigenvalue weighted by atomic mass is 10.2. The number of rotatable bonds is 4. The van der Waals surface area contributed by atoms with Crippen LogP contribution in [0.1, 0.15) is 18.0 Å². The quantitative estimate of drug-likeness (QED) is 0.690. The minimum atomic E-state index is -0.168. The van der Waals surface area contributed by atoms with Gasteiger partial charge in [-0.05, 0) is 24.6 Å². The predicted octanol–water partition coefficient (Wildman–Crippen LogP) is 2.23. The van der Waals surface area contributed by atoms with Crippen LogP contribution in [0.2, 0.25) is 0 Å². The minimum absolute atomic E-state index is 0.0322. The van der Waals surface area contributed by atoms with Gasteiger partial charge in [-0.15, -0.1) is 0 Å². The van der Waals surface area contributed by atoms with E-state index < -0.39 is 0 Å². The van der Waals surface area contributed by atoms with E-state index in [1.54, 1.807) is 6.92 Å². The first-order valence-electron chi connectivity index (χ1n) is 5.75. The van der Waals surface area contributed by atoms with Crippen LogP contribution in [0.3, 0.4) is 0 Å². The first-order valence-corrected chi connectivity index (χ1v) is 3.75. The maximum absolute atomic E-state index is 7.70. The summed E-state index contributed by atoms with van der Waals surface area (Å²) in [4.78, 5) is 0. The van der Waals surface area contributed by atoms with Crippen LogP contribution in [-0.2, 0) is 11.3 Å². The fourth-order valence-corrected chi connectivity index (χ4v) is 0.705. The van der Waals surface area contributed by atoms with Crippen molar-refractivity contribution in [2.45, 2.75) is 13.5 Å². The van der Waals surface area contributed by atoms with Crippen molar-refractivity contribution >= 4 is 0 Å². The Morgan fingerprint density at radius 1 is 1.33 bits per heavy atom. The third-order valence-electron chi connectivity index (χ3n) is 1.31. The third kappa shape index (κ3) is 2.55. The molecular formula is C10H14O2.